The first kappa shape index (κ1) is 27.6. The van der Waals surface area contributed by atoms with Gasteiger partial charge in [0, 0.05) is 0 Å². The molecule has 1 aliphatic rings. The summed E-state index contributed by atoms with van der Waals surface area (Å²) in [5, 5.41) is 7.32. The van der Waals surface area contributed by atoms with Crippen LogP contribution in [0.15, 0.2) is 176 Å². The van der Waals surface area contributed by atoms with Crippen LogP contribution in [0.4, 0.5) is 0 Å². The normalized spacial score (nSPS) is 12.6. The Morgan fingerprint density at radius 2 is 0.750 bits per heavy atom. The average Bonchev–Trinajstić information content (AvgIpc) is 3.53. The van der Waals surface area contributed by atoms with E-state index < -0.39 is 26.3 Å². The van der Waals surface area contributed by atoms with E-state index in [0.29, 0.717) is 0 Å². The maximum atomic E-state index is 2.56. The number of benzene rings is 7. The van der Waals surface area contributed by atoms with Gasteiger partial charge in [-0.2, -0.15) is 0 Å². The molecule has 2 heteroatoms. The molecule has 0 saturated carbocycles. The average molecular weight is 687 g/mol. The molecule has 8 rings (SSSR count). The molecule has 0 saturated heterocycles. The molecule has 0 heterocycles. The van der Waals surface area contributed by atoms with Crippen LogP contribution >= 0.6 is 7.92 Å². The van der Waals surface area contributed by atoms with E-state index in [1.165, 1.54) is 48.6 Å². The van der Waals surface area contributed by atoms with Gasteiger partial charge in [0.1, 0.15) is 0 Å². The van der Waals surface area contributed by atoms with Crippen LogP contribution in [0.25, 0.3) is 10.8 Å². The van der Waals surface area contributed by atoms with Gasteiger partial charge in [-0.25, -0.2) is 0 Å². The van der Waals surface area contributed by atoms with E-state index in [4.69, 9.17) is 0 Å². The summed E-state index contributed by atoms with van der Waals surface area (Å²) >= 11 is -3.90. The van der Waals surface area contributed by atoms with Crippen molar-refractivity contribution in [2.75, 3.05) is 0 Å². The van der Waals surface area contributed by atoms with Gasteiger partial charge in [-0.1, -0.05) is 0 Å². The van der Waals surface area contributed by atoms with E-state index in [1.54, 1.807) is 3.58 Å². The Bertz CT molecular complexity index is 1890. The van der Waals surface area contributed by atoms with Gasteiger partial charge in [-0.15, -0.1) is 0 Å². The molecule has 0 fully saturated rings. The Morgan fingerprint density at radius 1 is 0.364 bits per heavy atom. The zero-order valence-electron chi connectivity index (χ0n) is 24.6. The molecule has 0 aromatic heterocycles. The number of hydrogen-bond donors (Lipinski definition) is 0. The first-order chi connectivity index (χ1) is 21.9. The van der Waals surface area contributed by atoms with Crippen molar-refractivity contribution in [1.29, 1.82) is 0 Å². The van der Waals surface area contributed by atoms with E-state index in [1.807, 2.05) is 0 Å². The fraction of sp³-hybridized carbons (Fsp3) is 0.0476. The van der Waals surface area contributed by atoms with Gasteiger partial charge in [-0.05, 0) is 0 Å². The fourth-order valence-corrected chi connectivity index (χ4v) is 24.4. The Balaban J connectivity index is 1.56. The van der Waals surface area contributed by atoms with Gasteiger partial charge < -0.3 is 0 Å². The summed E-state index contributed by atoms with van der Waals surface area (Å²) in [6.07, 6.45) is 2.24. The molecular weight excluding hydrogens is 654 g/mol. The second-order valence-corrected chi connectivity index (χ2v) is 24.6. The molecule has 7 aromatic carbocycles. The van der Waals surface area contributed by atoms with E-state index in [0.717, 1.165) is 12.8 Å². The summed E-state index contributed by atoms with van der Waals surface area (Å²) < 4.78 is 6.05. The molecule has 0 amide bonds. The molecule has 44 heavy (non-hydrogen) atoms. The van der Waals surface area contributed by atoms with E-state index >= 15 is 0 Å². The molecule has 7 aromatic rings. The molecule has 210 valence electrons. The summed E-state index contributed by atoms with van der Waals surface area (Å²) in [5.74, 6) is 0. The summed E-state index contributed by atoms with van der Waals surface area (Å²) in [7, 11) is -0.779. The van der Waals surface area contributed by atoms with Crippen LogP contribution in [-0.2, 0) is 12.8 Å². The van der Waals surface area contributed by atoms with Crippen molar-refractivity contribution in [3.05, 3.63) is 187 Å². The van der Waals surface area contributed by atoms with Crippen LogP contribution in [0, 0.1) is 0 Å². The maximum absolute atomic E-state index is 3.90. The van der Waals surface area contributed by atoms with Crippen molar-refractivity contribution in [3.63, 3.8) is 0 Å². The van der Waals surface area contributed by atoms with Crippen LogP contribution < -0.4 is 30.2 Å². The predicted octanol–water partition coefficient (Wildman–Crippen LogP) is 6.07. The fourth-order valence-electron chi connectivity index (χ4n) is 7.42. The van der Waals surface area contributed by atoms with Crippen LogP contribution in [0.3, 0.4) is 0 Å². The summed E-state index contributed by atoms with van der Waals surface area (Å²) in [4.78, 5) is 0. The van der Waals surface area contributed by atoms with Crippen LogP contribution in [0.5, 0.6) is 0 Å². The zero-order valence-corrected chi connectivity index (χ0v) is 28.4. The Hall–Kier alpha value is -3.97. The van der Waals surface area contributed by atoms with Crippen LogP contribution in [0.1, 0.15) is 11.1 Å². The molecule has 0 atom stereocenters. The Morgan fingerprint density at radius 3 is 1.18 bits per heavy atom. The van der Waals surface area contributed by atoms with Gasteiger partial charge >= 0.3 is 267 Å². The van der Waals surface area contributed by atoms with Crippen LogP contribution in [0.2, 0.25) is 0 Å². The topological polar surface area (TPSA) is 0 Å². The third-order valence-electron chi connectivity index (χ3n) is 9.27. The second kappa shape index (κ2) is 11.8. The standard InChI is InChI=1S/C24H18P.3C6H5.Sn/c1-3-9-20(10-4-1)25(21-11-5-2-6-12-21)23-17-16-19-15-14-18-8-7-13-22(23)24(18)19;3*1-2-4-6-5-3-1;/h1-12,16-17H,14-15H2;3*1-5H;. The van der Waals surface area contributed by atoms with Crippen LogP contribution in [-0.4, -0.2) is 18.4 Å². The van der Waals surface area contributed by atoms with Gasteiger partial charge in [0.05, 0.1) is 0 Å². The summed E-state index contributed by atoms with van der Waals surface area (Å²) in [5.41, 5.74) is 3.01. The SMILES string of the molecule is c1ccc(P(c2ccccc2)c2ccc3c4c(cc[c]([Sn]([c]5ccccc5)([c]5ccccc5)[c]5ccccc5)c24)CC3)cc1. The number of aryl methyl sites for hydroxylation is 2. The second-order valence-electron chi connectivity index (χ2n) is 11.6. The molecular formula is C42H33PSn. The molecule has 0 nitrogen and oxygen atoms in total. The third-order valence-corrected chi connectivity index (χ3v) is 25.5. The molecule has 0 radical (unpaired) electrons. The van der Waals surface area contributed by atoms with Crippen molar-refractivity contribution >= 4 is 67.3 Å². The van der Waals surface area contributed by atoms with Crippen molar-refractivity contribution < 1.29 is 0 Å². The monoisotopic (exact) mass is 688 g/mol. The Kier molecular flexibility index (Phi) is 7.42. The predicted molar refractivity (Wildman–Crippen MR) is 194 cm³/mol. The van der Waals surface area contributed by atoms with Gasteiger partial charge in [0.15, 0.2) is 0 Å². The molecule has 0 aliphatic heterocycles. The first-order valence-electron chi connectivity index (χ1n) is 15.5. The summed E-state index contributed by atoms with van der Waals surface area (Å²) in [6, 6.07) is 66.9. The molecule has 0 bridgehead atoms. The quantitative estimate of drug-likeness (QED) is 0.141. The molecule has 0 unspecified atom stereocenters. The van der Waals surface area contributed by atoms with Gasteiger partial charge in [-0.3, -0.25) is 0 Å². The van der Waals surface area contributed by atoms with Gasteiger partial charge in [0.25, 0.3) is 0 Å². The minimum absolute atomic E-state index is 0.779. The molecule has 0 spiro atoms. The first-order valence-corrected chi connectivity index (χ1v) is 22.6. The minimum atomic E-state index is -3.90. The van der Waals surface area contributed by atoms with Crippen molar-refractivity contribution in [2.24, 2.45) is 0 Å². The summed E-state index contributed by atoms with van der Waals surface area (Å²) in [6.45, 7) is 0. The number of rotatable bonds is 7. The van der Waals surface area contributed by atoms with E-state index in [9.17, 15) is 0 Å². The van der Waals surface area contributed by atoms with Crippen molar-refractivity contribution in [1.82, 2.24) is 0 Å². The van der Waals surface area contributed by atoms with Crippen molar-refractivity contribution in [3.8, 4) is 0 Å². The van der Waals surface area contributed by atoms with E-state index in [2.05, 4.69) is 176 Å². The zero-order chi connectivity index (χ0) is 29.3. The number of hydrogen-bond acceptors (Lipinski definition) is 0. The Labute approximate surface area is 265 Å². The van der Waals surface area contributed by atoms with Crippen molar-refractivity contribution in [2.45, 2.75) is 12.8 Å². The molecule has 1 aliphatic carbocycles. The van der Waals surface area contributed by atoms with Gasteiger partial charge in [0.2, 0.25) is 0 Å². The van der Waals surface area contributed by atoms with E-state index in [-0.39, 0.29) is 0 Å². The molecule has 0 N–H and O–H groups in total. The third kappa shape index (κ3) is 4.55.